The molecule has 2 aromatic rings. The van der Waals surface area contributed by atoms with Crippen molar-refractivity contribution in [3.63, 3.8) is 0 Å². The van der Waals surface area contributed by atoms with Crippen molar-refractivity contribution < 1.29 is 29.3 Å². The van der Waals surface area contributed by atoms with Gasteiger partial charge in [0.2, 0.25) is 5.91 Å². The van der Waals surface area contributed by atoms with Crippen LogP contribution in [0.2, 0.25) is 0 Å². The van der Waals surface area contributed by atoms with Gasteiger partial charge in [-0.25, -0.2) is 9.59 Å². The van der Waals surface area contributed by atoms with Crippen LogP contribution >= 0.6 is 0 Å². The smallest absolute Gasteiger partial charge is 0.407 e. The van der Waals surface area contributed by atoms with Crippen LogP contribution in [-0.4, -0.2) is 54.0 Å². The van der Waals surface area contributed by atoms with Crippen molar-refractivity contribution in [2.45, 2.75) is 25.3 Å². The minimum Gasteiger partial charge on any atom is -0.480 e. The number of aliphatic carboxylic acids is 1. The molecule has 0 saturated carbocycles. The Morgan fingerprint density at radius 3 is 2.16 bits per heavy atom. The highest BCUT2D eigenvalue weighted by molar-refractivity contribution is 5.85. The third-order valence-electron chi connectivity index (χ3n) is 5.38. The van der Waals surface area contributed by atoms with Crippen molar-refractivity contribution in [2.24, 2.45) is 5.92 Å². The number of nitrogens with one attached hydrogen (secondary N) is 2. The van der Waals surface area contributed by atoms with E-state index < -0.39 is 29.9 Å². The van der Waals surface area contributed by atoms with Crippen LogP contribution in [0.3, 0.4) is 0 Å². The fraction of sp³-hybridized carbons (Fsp3) is 0.348. The summed E-state index contributed by atoms with van der Waals surface area (Å²) in [5.41, 5.74) is 4.47. The number of rotatable bonds is 9. The number of carbonyl (C=O) groups excluding carboxylic acids is 2. The Hall–Kier alpha value is -3.39. The molecule has 1 aliphatic rings. The number of hydrogen-bond acceptors (Lipinski definition) is 5. The maximum absolute atomic E-state index is 12.2. The summed E-state index contributed by atoms with van der Waals surface area (Å²) in [6.45, 7) is 1.37. The molecular weight excluding hydrogens is 400 g/mol. The molecule has 0 spiro atoms. The zero-order valence-corrected chi connectivity index (χ0v) is 17.2. The van der Waals surface area contributed by atoms with Crippen molar-refractivity contribution in [2.75, 3.05) is 19.8 Å². The molecule has 0 radical (unpaired) electrons. The number of fused-ring (bicyclic) bond motifs is 3. The summed E-state index contributed by atoms with van der Waals surface area (Å²) in [6.07, 6.45) is -0.736. The quantitative estimate of drug-likeness (QED) is 0.487. The molecule has 1 aliphatic carbocycles. The van der Waals surface area contributed by atoms with Crippen LogP contribution in [-0.2, 0) is 14.3 Å². The number of aliphatic hydroxyl groups excluding tert-OH is 1. The molecule has 2 atom stereocenters. The second-order valence-corrected chi connectivity index (χ2v) is 7.52. The van der Waals surface area contributed by atoms with Gasteiger partial charge in [-0.2, -0.15) is 0 Å². The van der Waals surface area contributed by atoms with Crippen LogP contribution in [0.5, 0.6) is 0 Å². The summed E-state index contributed by atoms with van der Waals surface area (Å²) in [6, 6.07) is 14.9. The van der Waals surface area contributed by atoms with Gasteiger partial charge in [0.25, 0.3) is 0 Å². The Labute approximate surface area is 180 Å². The molecule has 8 nitrogen and oxygen atoms in total. The lowest BCUT2D eigenvalue weighted by Gasteiger charge is -2.18. The number of carboxylic acid groups (broad SMARTS) is 1. The molecule has 0 bridgehead atoms. The molecule has 0 saturated heterocycles. The molecule has 0 aliphatic heterocycles. The van der Waals surface area contributed by atoms with Gasteiger partial charge in [-0.05, 0) is 22.3 Å². The number of aliphatic hydroxyl groups is 1. The fourth-order valence-corrected chi connectivity index (χ4v) is 3.68. The summed E-state index contributed by atoms with van der Waals surface area (Å²) in [7, 11) is 0. The van der Waals surface area contributed by atoms with E-state index in [4.69, 9.17) is 14.9 Å². The van der Waals surface area contributed by atoms with E-state index in [2.05, 4.69) is 22.8 Å². The summed E-state index contributed by atoms with van der Waals surface area (Å²) < 4.78 is 5.42. The number of carboxylic acids is 1. The lowest BCUT2D eigenvalue weighted by atomic mass is 9.98. The number of benzene rings is 2. The number of carbonyl (C=O) groups is 3. The van der Waals surface area contributed by atoms with E-state index in [1.807, 2.05) is 36.4 Å². The van der Waals surface area contributed by atoms with Gasteiger partial charge in [0, 0.05) is 25.5 Å². The van der Waals surface area contributed by atoms with Crippen LogP contribution in [0.1, 0.15) is 30.4 Å². The zero-order chi connectivity index (χ0) is 22.4. The Bertz CT molecular complexity index is 915. The first kappa shape index (κ1) is 22.3. The molecule has 0 aromatic heterocycles. The predicted molar refractivity (Wildman–Crippen MR) is 114 cm³/mol. The van der Waals surface area contributed by atoms with Crippen molar-refractivity contribution in [3.05, 3.63) is 59.7 Å². The molecule has 8 heteroatoms. The van der Waals surface area contributed by atoms with Gasteiger partial charge in [-0.3, -0.25) is 4.79 Å². The Morgan fingerprint density at radius 2 is 1.61 bits per heavy atom. The molecule has 2 unspecified atom stereocenters. The fourth-order valence-electron chi connectivity index (χ4n) is 3.68. The first-order chi connectivity index (χ1) is 14.9. The van der Waals surface area contributed by atoms with Crippen LogP contribution < -0.4 is 10.6 Å². The topological polar surface area (TPSA) is 125 Å². The Kier molecular flexibility index (Phi) is 7.25. The van der Waals surface area contributed by atoms with Gasteiger partial charge in [0.15, 0.2) is 0 Å². The molecule has 4 N–H and O–H groups in total. The van der Waals surface area contributed by atoms with Crippen LogP contribution in [0.15, 0.2) is 48.5 Å². The number of alkyl carbamates (subject to hydrolysis) is 1. The summed E-state index contributed by atoms with van der Waals surface area (Å²) in [5, 5.41) is 22.8. The van der Waals surface area contributed by atoms with E-state index in [0.717, 1.165) is 22.3 Å². The molecule has 2 aromatic carbocycles. The monoisotopic (exact) mass is 426 g/mol. The second-order valence-electron chi connectivity index (χ2n) is 7.52. The molecule has 0 heterocycles. The number of amides is 2. The van der Waals surface area contributed by atoms with Gasteiger partial charge in [-0.1, -0.05) is 55.5 Å². The first-order valence-corrected chi connectivity index (χ1v) is 10.1. The largest absolute Gasteiger partial charge is 0.480 e. The number of ether oxygens (including phenoxy) is 1. The summed E-state index contributed by atoms with van der Waals surface area (Å²) >= 11 is 0. The van der Waals surface area contributed by atoms with E-state index in [1.54, 1.807) is 6.92 Å². The standard InChI is InChI=1S/C23H26N2O6/c1-14(21(27)25-20(10-11-26)22(28)29)12-24-23(30)31-13-19-17-8-4-2-6-15(17)16-7-3-5-9-18(16)19/h2-9,14,19-20,26H,10-13H2,1H3,(H,24,30)(H,25,27)(H,28,29). The molecule has 0 fully saturated rings. The van der Waals surface area contributed by atoms with E-state index in [1.165, 1.54) is 0 Å². The van der Waals surface area contributed by atoms with Crippen LogP contribution in [0, 0.1) is 5.92 Å². The molecule has 164 valence electrons. The minimum atomic E-state index is -1.22. The Morgan fingerprint density at radius 1 is 1.03 bits per heavy atom. The maximum atomic E-state index is 12.2. The van der Waals surface area contributed by atoms with E-state index in [9.17, 15) is 14.4 Å². The highest BCUT2D eigenvalue weighted by Gasteiger charge is 2.29. The second kappa shape index (κ2) is 10.1. The summed E-state index contributed by atoms with van der Waals surface area (Å²) in [5.74, 6) is -2.48. The third kappa shape index (κ3) is 5.21. The van der Waals surface area contributed by atoms with Gasteiger partial charge in [-0.15, -0.1) is 0 Å². The summed E-state index contributed by atoms with van der Waals surface area (Å²) in [4.78, 5) is 35.4. The van der Waals surface area contributed by atoms with E-state index >= 15 is 0 Å². The maximum Gasteiger partial charge on any atom is 0.407 e. The third-order valence-corrected chi connectivity index (χ3v) is 5.38. The molecule has 31 heavy (non-hydrogen) atoms. The SMILES string of the molecule is CC(CNC(=O)OCC1c2ccccc2-c2ccccc21)C(=O)NC(CCO)C(=O)O. The highest BCUT2D eigenvalue weighted by Crippen LogP contribution is 2.44. The first-order valence-electron chi connectivity index (χ1n) is 10.1. The highest BCUT2D eigenvalue weighted by atomic mass is 16.5. The molecular formula is C23H26N2O6. The molecule has 2 amide bonds. The normalized spacial score (nSPS) is 14.1. The van der Waals surface area contributed by atoms with Gasteiger partial charge in [0.1, 0.15) is 12.6 Å². The van der Waals surface area contributed by atoms with Crippen molar-refractivity contribution in [1.29, 1.82) is 0 Å². The Balaban J connectivity index is 1.52. The van der Waals surface area contributed by atoms with Crippen molar-refractivity contribution >= 4 is 18.0 Å². The van der Waals surface area contributed by atoms with Gasteiger partial charge in [0.05, 0.1) is 5.92 Å². The average Bonchev–Trinajstić information content (AvgIpc) is 3.09. The van der Waals surface area contributed by atoms with Gasteiger partial charge >= 0.3 is 12.1 Å². The lowest BCUT2D eigenvalue weighted by Crippen LogP contribution is -2.46. The zero-order valence-electron chi connectivity index (χ0n) is 17.2. The van der Waals surface area contributed by atoms with E-state index in [-0.39, 0.29) is 32.1 Å². The number of hydrogen-bond donors (Lipinski definition) is 4. The lowest BCUT2D eigenvalue weighted by molar-refractivity contribution is -0.142. The van der Waals surface area contributed by atoms with Crippen molar-refractivity contribution in [3.8, 4) is 11.1 Å². The van der Waals surface area contributed by atoms with Crippen LogP contribution in [0.25, 0.3) is 11.1 Å². The van der Waals surface area contributed by atoms with Crippen molar-refractivity contribution in [1.82, 2.24) is 10.6 Å². The van der Waals surface area contributed by atoms with Crippen LogP contribution in [0.4, 0.5) is 4.79 Å². The van der Waals surface area contributed by atoms with E-state index in [0.29, 0.717) is 0 Å². The van der Waals surface area contributed by atoms with Gasteiger partial charge < -0.3 is 25.6 Å². The minimum absolute atomic E-state index is 0.00598. The predicted octanol–water partition coefficient (Wildman–Crippen LogP) is 2.11. The molecule has 3 rings (SSSR count). The average molecular weight is 426 g/mol.